The van der Waals surface area contributed by atoms with Gasteiger partial charge in [-0.2, -0.15) is 0 Å². The molecule has 0 saturated heterocycles. The molecule has 3 aromatic carbocycles. The van der Waals surface area contributed by atoms with Crippen molar-refractivity contribution in [2.24, 2.45) is 0 Å². The van der Waals surface area contributed by atoms with E-state index >= 15 is 0 Å². The fourth-order valence-electron chi connectivity index (χ4n) is 4.81. The summed E-state index contributed by atoms with van der Waals surface area (Å²) in [4.78, 5) is 16.4. The van der Waals surface area contributed by atoms with Crippen molar-refractivity contribution in [3.8, 4) is 39.3 Å². The molecule has 0 aliphatic heterocycles. The Labute approximate surface area is 207 Å². The Balaban J connectivity index is 1.75. The second-order valence-corrected chi connectivity index (χ2v) is 9.60. The number of carbonyl (C=O) groups is 1. The minimum atomic E-state index is -0.314. The van der Waals surface area contributed by atoms with Crippen LogP contribution in [0.5, 0.6) is 5.75 Å². The molecule has 1 heterocycles. The molecule has 0 fully saturated rings. The van der Waals surface area contributed by atoms with Gasteiger partial charge in [-0.05, 0) is 71.0 Å². The zero-order chi connectivity index (χ0) is 23.8. The molecule has 1 unspecified atom stereocenters. The van der Waals surface area contributed by atoms with Gasteiger partial charge in [0.2, 0.25) is 0 Å². The maximum atomic E-state index is 11.7. The predicted molar refractivity (Wildman–Crippen MR) is 138 cm³/mol. The lowest BCUT2D eigenvalue weighted by Crippen LogP contribution is -2.20. The Hall–Kier alpha value is -3.44. The maximum Gasteiger partial charge on any atom is 0.302 e. The van der Waals surface area contributed by atoms with Crippen molar-refractivity contribution < 1.29 is 14.6 Å². The molecule has 34 heavy (non-hydrogen) atoms. The van der Waals surface area contributed by atoms with Gasteiger partial charge in [-0.3, -0.25) is 9.78 Å². The zero-order valence-corrected chi connectivity index (χ0v) is 20.6. The number of aromatic hydroxyl groups is 1. The van der Waals surface area contributed by atoms with Crippen molar-refractivity contribution in [2.75, 3.05) is 6.61 Å². The number of aromatic nitrogens is 1. The lowest BCUT2D eigenvalue weighted by atomic mass is 9.74. The van der Waals surface area contributed by atoms with Crippen LogP contribution in [0.2, 0.25) is 0 Å². The van der Waals surface area contributed by atoms with Crippen LogP contribution in [0.3, 0.4) is 0 Å². The maximum absolute atomic E-state index is 11.7. The summed E-state index contributed by atoms with van der Waals surface area (Å²) in [5.74, 6) is -0.200. The second-order valence-electron chi connectivity index (χ2n) is 8.68. The number of halogens is 1. The Morgan fingerprint density at radius 3 is 2.50 bits per heavy atom. The first-order valence-corrected chi connectivity index (χ1v) is 12.0. The minimum Gasteiger partial charge on any atom is -0.507 e. The summed E-state index contributed by atoms with van der Waals surface area (Å²) in [6.07, 6.45) is 2.54. The van der Waals surface area contributed by atoms with Crippen LogP contribution in [0.25, 0.3) is 33.5 Å². The van der Waals surface area contributed by atoms with Crippen molar-refractivity contribution in [3.05, 3.63) is 94.1 Å². The van der Waals surface area contributed by atoms with Gasteiger partial charge in [0.05, 0.1) is 12.3 Å². The molecule has 0 spiro atoms. The molecule has 0 amide bonds. The quantitative estimate of drug-likeness (QED) is 0.296. The molecule has 4 aromatic rings. The number of benzene rings is 3. The number of fused-ring (bicyclic) bond motifs is 3. The van der Waals surface area contributed by atoms with E-state index in [9.17, 15) is 9.90 Å². The number of hydrogen-bond acceptors (Lipinski definition) is 4. The van der Waals surface area contributed by atoms with Gasteiger partial charge in [0.15, 0.2) is 0 Å². The van der Waals surface area contributed by atoms with Gasteiger partial charge in [-0.25, -0.2) is 0 Å². The first-order valence-electron chi connectivity index (χ1n) is 11.2. The number of phenols is 1. The number of esters is 1. The summed E-state index contributed by atoms with van der Waals surface area (Å²) >= 11 is 3.51. The number of phenolic OH excluding ortho intramolecular Hbond substituents is 1. The SMILES string of the molecule is CC(=O)OCC1Cc2c(-c3ccc(C)cn3)cccc2-c2c(O)ccc(-c3ccc(Br)cc3)c21. The van der Waals surface area contributed by atoms with Gasteiger partial charge < -0.3 is 9.84 Å². The fourth-order valence-corrected chi connectivity index (χ4v) is 5.08. The Morgan fingerprint density at radius 1 is 1.03 bits per heavy atom. The first kappa shape index (κ1) is 22.4. The van der Waals surface area contributed by atoms with Crippen molar-refractivity contribution in [2.45, 2.75) is 26.2 Å². The molecule has 0 saturated carbocycles. The van der Waals surface area contributed by atoms with Gasteiger partial charge in [0, 0.05) is 34.6 Å². The van der Waals surface area contributed by atoms with E-state index in [1.807, 2.05) is 43.5 Å². The summed E-state index contributed by atoms with van der Waals surface area (Å²) in [5.41, 5.74) is 9.00. The normalized spacial score (nSPS) is 14.3. The summed E-state index contributed by atoms with van der Waals surface area (Å²) < 4.78 is 6.52. The van der Waals surface area contributed by atoms with E-state index in [1.165, 1.54) is 6.92 Å². The van der Waals surface area contributed by atoms with Crippen LogP contribution < -0.4 is 0 Å². The van der Waals surface area contributed by atoms with Crippen molar-refractivity contribution >= 4 is 21.9 Å². The Morgan fingerprint density at radius 2 is 1.79 bits per heavy atom. The first-order chi connectivity index (χ1) is 16.4. The van der Waals surface area contributed by atoms with Gasteiger partial charge >= 0.3 is 5.97 Å². The van der Waals surface area contributed by atoms with E-state index in [4.69, 9.17) is 4.74 Å². The molecular weight excluding hydrogens is 490 g/mol. The number of carbonyl (C=O) groups excluding carboxylic acids is 1. The molecule has 1 aliphatic carbocycles. The van der Waals surface area contributed by atoms with Crippen molar-refractivity contribution in [3.63, 3.8) is 0 Å². The monoisotopic (exact) mass is 513 g/mol. The molecule has 5 rings (SSSR count). The van der Waals surface area contributed by atoms with Gasteiger partial charge in [0.25, 0.3) is 0 Å². The second kappa shape index (κ2) is 9.07. The fraction of sp³-hybridized carbons (Fsp3) is 0.172. The Bertz CT molecular complexity index is 1380. The van der Waals surface area contributed by atoms with Crippen LogP contribution >= 0.6 is 15.9 Å². The lowest BCUT2D eigenvalue weighted by molar-refractivity contribution is -0.141. The van der Waals surface area contributed by atoms with Crippen LogP contribution in [0.1, 0.15) is 29.5 Å². The molecule has 0 radical (unpaired) electrons. The topological polar surface area (TPSA) is 59.4 Å². The van der Waals surface area contributed by atoms with Gasteiger partial charge in [-0.1, -0.05) is 58.4 Å². The zero-order valence-electron chi connectivity index (χ0n) is 19.0. The van der Waals surface area contributed by atoms with E-state index < -0.39 is 0 Å². The van der Waals surface area contributed by atoms with Crippen molar-refractivity contribution in [1.29, 1.82) is 0 Å². The van der Waals surface area contributed by atoms with E-state index in [0.717, 1.165) is 54.7 Å². The highest BCUT2D eigenvalue weighted by molar-refractivity contribution is 9.10. The molecule has 170 valence electrons. The molecule has 1 aromatic heterocycles. The highest BCUT2D eigenvalue weighted by Gasteiger charge is 2.32. The summed E-state index contributed by atoms with van der Waals surface area (Å²) in [6, 6.07) is 22.1. The Kier molecular flexibility index (Phi) is 5.96. The highest BCUT2D eigenvalue weighted by atomic mass is 79.9. The smallest absolute Gasteiger partial charge is 0.302 e. The third-order valence-corrected chi connectivity index (χ3v) is 6.89. The van der Waals surface area contributed by atoms with Gasteiger partial charge in [0.1, 0.15) is 5.75 Å². The van der Waals surface area contributed by atoms with Crippen LogP contribution in [0.4, 0.5) is 0 Å². The largest absolute Gasteiger partial charge is 0.507 e. The molecular formula is C29H24BrNO3. The highest BCUT2D eigenvalue weighted by Crippen LogP contribution is 2.50. The summed E-state index contributed by atoms with van der Waals surface area (Å²) in [5, 5.41) is 11.1. The average Bonchev–Trinajstić information content (AvgIpc) is 2.83. The van der Waals surface area contributed by atoms with Crippen LogP contribution in [-0.2, 0) is 16.0 Å². The lowest BCUT2D eigenvalue weighted by Gasteiger charge is -2.31. The third-order valence-electron chi connectivity index (χ3n) is 6.36. The molecule has 1 atom stereocenters. The molecule has 4 nitrogen and oxygen atoms in total. The number of hydrogen-bond donors (Lipinski definition) is 1. The van der Waals surface area contributed by atoms with Crippen molar-refractivity contribution in [1.82, 2.24) is 4.98 Å². The van der Waals surface area contributed by atoms with Crippen LogP contribution in [-0.4, -0.2) is 22.7 Å². The van der Waals surface area contributed by atoms with Gasteiger partial charge in [-0.15, -0.1) is 0 Å². The standard InChI is InChI=1S/C29H24BrNO3/c1-17-6-12-26(31-15-17)23-4-3-5-24-25(23)14-20(16-34-18(2)32)28-22(11-13-27(33)29(24)28)19-7-9-21(30)10-8-19/h3-13,15,20,33H,14,16H2,1-2H3. The molecule has 1 aliphatic rings. The third kappa shape index (κ3) is 4.12. The van der Waals surface area contributed by atoms with E-state index in [1.54, 1.807) is 6.07 Å². The predicted octanol–water partition coefficient (Wildman–Crippen LogP) is 7.06. The van der Waals surface area contributed by atoms with E-state index in [2.05, 4.69) is 51.2 Å². The van der Waals surface area contributed by atoms with E-state index in [-0.39, 0.29) is 24.2 Å². The molecule has 0 bridgehead atoms. The minimum absolute atomic E-state index is 0.108. The van der Waals surface area contributed by atoms with Crippen LogP contribution in [0.15, 0.2) is 77.4 Å². The van der Waals surface area contributed by atoms with E-state index in [0.29, 0.717) is 6.42 Å². The number of ether oxygens (including phenoxy) is 1. The molecule has 1 N–H and O–H groups in total. The number of rotatable bonds is 4. The molecule has 5 heteroatoms. The average molecular weight is 514 g/mol. The number of aryl methyl sites for hydroxylation is 1. The van der Waals surface area contributed by atoms with Crippen LogP contribution in [0, 0.1) is 6.92 Å². The number of nitrogens with zero attached hydrogens (tertiary/aromatic N) is 1. The summed E-state index contributed by atoms with van der Waals surface area (Å²) in [6.45, 7) is 3.69. The summed E-state index contributed by atoms with van der Waals surface area (Å²) in [7, 11) is 0. The number of pyridine rings is 1.